The van der Waals surface area contributed by atoms with Gasteiger partial charge in [0, 0.05) is 0 Å². The second-order valence-corrected chi connectivity index (χ2v) is 5.51. The van der Waals surface area contributed by atoms with Crippen molar-refractivity contribution in [3.63, 3.8) is 0 Å². The molecule has 0 aliphatic carbocycles. The molecular formula is C20H17FN2O2. The van der Waals surface area contributed by atoms with Gasteiger partial charge in [-0.25, -0.2) is 9.82 Å². The molecule has 3 aromatic carbocycles. The first-order valence-electron chi connectivity index (χ1n) is 7.83. The van der Waals surface area contributed by atoms with E-state index in [1.165, 1.54) is 12.1 Å². The fourth-order valence-electron chi connectivity index (χ4n) is 2.36. The zero-order valence-corrected chi connectivity index (χ0v) is 13.7. The van der Waals surface area contributed by atoms with E-state index in [-0.39, 0.29) is 12.4 Å². The average Bonchev–Trinajstić information content (AvgIpc) is 2.65. The van der Waals surface area contributed by atoms with Gasteiger partial charge < -0.3 is 4.74 Å². The van der Waals surface area contributed by atoms with Gasteiger partial charge in [-0.1, -0.05) is 48.5 Å². The van der Waals surface area contributed by atoms with Gasteiger partial charge in [-0.2, -0.15) is 5.10 Å². The van der Waals surface area contributed by atoms with Crippen LogP contribution in [0.15, 0.2) is 71.8 Å². The number of hydrazone groups is 1. The third kappa shape index (κ3) is 4.20. The van der Waals surface area contributed by atoms with Crippen LogP contribution in [-0.4, -0.2) is 18.2 Å². The molecule has 0 aliphatic heterocycles. The normalized spacial score (nSPS) is 11.4. The highest BCUT2D eigenvalue weighted by Gasteiger charge is 2.06. The van der Waals surface area contributed by atoms with Gasteiger partial charge in [0.2, 0.25) is 0 Å². The number of carbonyl (C=O) groups excluding carboxylic acids is 1. The van der Waals surface area contributed by atoms with E-state index < -0.39 is 11.7 Å². The van der Waals surface area contributed by atoms with E-state index >= 15 is 0 Å². The monoisotopic (exact) mass is 336 g/mol. The van der Waals surface area contributed by atoms with Crippen LogP contribution in [0.5, 0.6) is 5.75 Å². The van der Waals surface area contributed by atoms with Crippen molar-refractivity contribution in [1.29, 1.82) is 0 Å². The van der Waals surface area contributed by atoms with Crippen LogP contribution in [0.1, 0.15) is 12.5 Å². The molecule has 0 fully saturated rings. The minimum Gasteiger partial charge on any atom is -0.481 e. The third-order valence-electron chi connectivity index (χ3n) is 3.71. The molecule has 0 radical (unpaired) electrons. The SMILES string of the molecule is C/C(=N/NC(=O)COc1ccccc1F)c1ccc2ccccc2c1. The summed E-state index contributed by atoms with van der Waals surface area (Å²) in [6, 6.07) is 19.9. The van der Waals surface area contributed by atoms with Gasteiger partial charge in [0.05, 0.1) is 5.71 Å². The number of hydrogen-bond acceptors (Lipinski definition) is 3. The van der Waals surface area contributed by atoms with Crippen molar-refractivity contribution in [3.8, 4) is 5.75 Å². The molecule has 0 saturated heterocycles. The van der Waals surface area contributed by atoms with Gasteiger partial charge in [0.25, 0.3) is 5.91 Å². The number of carbonyl (C=O) groups is 1. The zero-order chi connectivity index (χ0) is 17.6. The van der Waals surface area contributed by atoms with E-state index in [2.05, 4.69) is 10.5 Å². The first kappa shape index (κ1) is 16.6. The predicted molar refractivity (Wildman–Crippen MR) is 96.2 cm³/mol. The van der Waals surface area contributed by atoms with Gasteiger partial charge >= 0.3 is 0 Å². The molecular weight excluding hydrogens is 319 g/mol. The van der Waals surface area contributed by atoms with Crippen LogP contribution in [0.25, 0.3) is 10.8 Å². The predicted octanol–water partition coefficient (Wildman–Crippen LogP) is 3.90. The van der Waals surface area contributed by atoms with Crippen molar-refractivity contribution in [2.75, 3.05) is 6.61 Å². The second-order valence-electron chi connectivity index (χ2n) is 5.51. The van der Waals surface area contributed by atoms with E-state index in [0.29, 0.717) is 5.71 Å². The number of nitrogens with zero attached hydrogens (tertiary/aromatic N) is 1. The van der Waals surface area contributed by atoms with Crippen molar-refractivity contribution < 1.29 is 13.9 Å². The summed E-state index contributed by atoms with van der Waals surface area (Å²) in [4.78, 5) is 11.8. The summed E-state index contributed by atoms with van der Waals surface area (Å²) >= 11 is 0. The Hall–Kier alpha value is -3.21. The molecule has 0 atom stereocenters. The Kier molecular flexibility index (Phi) is 5.04. The van der Waals surface area contributed by atoms with Crippen LogP contribution in [-0.2, 0) is 4.79 Å². The minimum absolute atomic E-state index is 0.0351. The van der Waals surface area contributed by atoms with Gasteiger partial charge in [-0.05, 0) is 41.5 Å². The topological polar surface area (TPSA) is 50.7 Å². The number of fused-ring (bicyclic) bond motifs is 1. The summed E-state index contributed by atoms with van der Waals surface area (Å²) in [6.45, 7) is 1.50. The molecule has 0 unspecified atom stereocenters. The van der Waals surface area contributed by atoms with Crippen molar-refractivity contribution in [1.82, 2.24) is 5.43 Å². The number of ether oxygens (including phenoxy) is 1. The molecule has 0 bridgehead atoms. The van der Waals surface area contributed by atoms with E-state index in [9.17, 15) is 9.18 Å². The summed E-state index contributed by atoms with van der Waals surface area (Å²) in [5.41, 5.74) is 4.00. The van der Waals surface area contributed by atoms with Crippen LogP contribution in [0.2, 0.25) is 0 Å². The van der Waals surface area contributed by atoms with E-state index in [1.807, 2.05) is 49.4 Å². The number of rotatable bonds is 5. The van der Waals surface area contributed by atoms with Gasteiger partial charge in [-0.3, -0.25) is 4.79 Å². The second kappa shape index (κ2) is 7.57. The smallest absolute Gasteiger partial charge is 0.277 e. The Morgan fingerprint density at radius 3 is 2.56 bits per heavy atom. The Bertz CT molecular complexity index is 938. The van der Waals surface area contributed by atoms with Gasteiger partial charge in [0.15, 0.2) is 18.2 Å². The van der Waals surface area contributed by atoms with Crippen molar-refractivity contribution in [2.45, 2.75) is 6.92 Å². The molecule has 0 spiro atoms. The number of amides is 1. The fourth-order valence-corrected chi connectivity index (χ4v) is 2.36. The van der Waals surface area contributed by atoms with E-state index in [4.69, 9.17) is 4.74 Å². The summed E-state index contributed by atoms with van der Waals surface area (Å²) in [6.07, 6.45) is 0. The van der Waals surface area contributed by atoms with Crippen LogP contribution in [0, 0.1) is 5.82 Å². The summed E-state index contributed by atoms with van der Waals surface area (Å²) in [5, 5.41) is 6.32. The maximum Gasteiger partial charge on any atom is 0.277 e. The lowest BCUT2D eigenvalue weighted by Crippen LogP contribution is -2.25. The van der Waals surface area contributed by atoms with Crippen LogP contribution >= 0.6 is 0 Å². The maximum absolute atomic E-state index is 13.4. The molecule has 5 heteroatoms. The Morgan fingerprint density at radius 2 is 1.76 bits per heavy atom. The molecule has 126 valence electrons. The lowest BCUT2D eigenvalue weighted by atomic mass is 10.0. The lowest BCUT2D eigenvalue weighted by molar-refractivity contribution is -0.123. The quantitative estimate of drug-likeness (QED) is 0.567. The largest absolute Gasteiger partial charge is 0.481 e. The number of hydrogen-bond donors (Lipinski definition) is 1. The van der Waals surface area contributed by atoms with Crippen molar-refractivity contribution in [2.24, 2.45) is 5.10 Å². The zero-order valence-electron chi connectivity index (χ0n) is 13.7. The Balaban J connectivity index is 1.62. The fraction of sp³-hybridized carbons (Fsp3) is 0.100. The Labute approximate surface area is 144 Å². The number of benzene rings is 3. The highest BCUT2D eigenvalue weighted by Crippen LogP contribution is 2.16. The van der Waals surface area contributed by atoms with Crippen molar-refractivity contribution >= 4 is 22.4 Å². The first-order valence-corrected chi connectivity index (χ1v) is 7.83. The Morgan fingerprint density at radius 1 is 1.04 bits per heavy atom. The van der Waals surface area contributed by atoms with Crippen molar-refractivity contribution in [3.05, 3.63) is 78.1 Å². The summed E-state index contributed by atoms with van der Waals surface area (Å²) < 4.78 is 18.6. The van der Waals surface area contributed by atoms with E-state index in [1.54, 1.807) is 12.1 Å². The lowest BCUT2D eigenvalue weighted by Gasteiger charge is -2.07. The highest BCUT2D eigenvalue weighted by molar-refractivity contribution is 6.02. The molecule has 4 nitrogen and oxygen atoms in total. The van der Waals surface area contributed by atoms with Gasteiger partial charge in [0.1, 0.15) is 0 Å². The average molecular weight is 336 g/mol. The maximum atomic E-state index is 13.4. The molecule has 0 aliphatic rings. The standard InChI is InChI=1S/C20H17FN2O2/c1-14(16-11-10-15-6-2-3-7-17(15)12-16)22-23-20(24)13-25-19-9-5-4-8-18(19)21/h2-12H,13H2,1H3,(H,23,24)/b22-14-. The molecule has 0 heterocycles. The van der Waals surface area contributed by atoms with Crippen LogP contribution in [0.3, 0.4) is 0 Å². The van der Waals surface area contributed by atoms with Crippen LogP contribution < -0.4 is 10.2 Å². The first-order chi connectivity index (χ1) is 12.1. The third-order valence-corrected chi connectivity index (χ3v) is 3.71. The minimum atomic E-state index is -0.508. The number of para-hydroxylation sites is 1. The molecule has 25 heavy (non-hydrogen) atoms. The summed E-state index contributed by atoms with van der Waals surface area (Å²) in [5.74, 6) is -0.928. The number of halogens is 1. The molecule has 0 aromatic heterocycles. The van der Waals surface area contributed by atoms with Gasteiger partial charge in [-0.15, -0.1) is 0 Å². The molecule has 1 N–H and O–H groups in total. The summed E-state index contributed by atoms with van der Waals surface area (Å²) in [7, 11) is 0. The molecule has 0 saturated carbocycles. The number of nitrogens with one attached hydrogen (secondary N) is 1. The van der Waals surface area contributed by atoms with Crippen LogP contribution in [0.4, 0.5) is 4.39 Å². The molecule has 3 aromatic rings. The van der Waals surface area contributed by atoms with E-state index in [0.717, 1.165) is 16.3 Å². The highest BCUT2D eigenvalue weighted by atomic mass is 19.1. The molecule has 1 amide bonds. The molecule has 3 rings (SSSR count).